The lowest BCUT2D eigenvalue weighted by Crippen LogP contribution is -2.28. The molecule has 1 saturated heterocycles. The van der Waals surface area contributed by atoms with E-state index in [-0.39, 0.29) is 11.9 Å². The van der Waals surface area contributed by atoms with E-state index in [1.54, 1.807) is 47.1 Å². The topological polar surface area (TPSA) is 79.3 Å². The van der Waals surface area contributed by atoms with Gasteiger partial charge in [0.1, 0.15) is 6.04 Å². The maximum atomic E-state index is 12.2. The Morgan fingerprint density at radius 1 is 1.41 bits per heavy atom. The van der Waals surface area contributed by atoms with E-state index in [1.807, 2.05) is 12.1 Å². The van der Waals surface area contributed by atoms with Crippen LogP contribution in [0.25, 0.3) is 0 Å². The summed E-state index contributed by atoms with van der Waals surface area (Å²) in [6, 6.07) is 8.49. The molecule has 2 N–H and O–H groups in total. The van der Waals surface area contributed by atoms with Crippen LogP contribution in [-0.2, 0) is 4.79 Å². The lowest BCUT2D eigenvalue weighted by molar-refractivity contribution is -0.119. The Hall–Kier alpha value is -2.83. The summed E-state index contributed by atoms with van der Waals surface area (Å²) in [6.07, 6.45) is 3.38. The second-order valence-corrected chi connectivity index (χ2v) is 5.09. The minimum atomic E-state index is -0.409. The highest BCUT2D eigenvalue weighted by atomic mass is 16.2. The molecule has 1 aromatic carbocycles. The fourth-order valence-corrected chi connectivity index (χ4v) is 2.35. The summed E-state index contributed by atoms with van der Waals surface area (Å²) in [5.74, 6) is -0.160. The number of rotatable bonds is 4. The van der Waals surface area contributed by atoms with Crippen molar-refractivity contribution in [3.63, 3.8) is 0 Å². The number of aromatic nitrogens is 2. The lowest BCUT2D eigenvalue weighted by Gasteiger charge is -2.17. The van der Waals surface area contributed by atoms with Gasteiger partial charge in [-0.3, -0.25) is 14.4 Å². The number of benzene rings is 1. The van der Waals surface area contributed by atoms with E-state index in [0.29, 0.717) is 18.8 Å². The van der Waals surface area contributed by atoms with Crippen molar-refractivity contribution in [3.05, 3.63) is 42.7 Å². The summed E-state index contributed by atoms with van der Waals surface area (Å²) in [4.78, 5) is 25.6. The van der Waals surface area contributed by atoms with E-state index in [4.69, 9.17) is 0 Å². The smallest absolute Gasteiger partial charge is 0.321 e. The zero-order valence-corrected chi connectivity index (χ0v) is 12.2. The molecule has 1 aromatic heterocycles. The molecule has 3 amide bonds. The predicted molar refractivity (Wildman–Crippen MR) is 82.8 cm³/mol. The summed E-state index contributed by atoms with van der Waals surface area (Å²) in [6.45, 7) is 3.03. The number of hydrogen-bond acceptors (Lipinski definition) is 3. The van der Waals surface area contributed by atoms with Crippen molar-refractivity contribution >= 4 is 23.3 Å². The van der Waals surface area contributed by atoms with Gasteiger partial charge in [-0.25, -0.2) is 4.79 Å². The molecular formula is C15H17N5O2. The number of carbonyl (C=O) groups is 2. The molecule has 2 aromatic rings. The van der Waals surface area contributed by atoms with Crippen LogP contribution in [0.4, 0.5) is 16.2 Å². The fourth-order valence-electron chi connectivity index (χ4n) is 2.35. The number of urea groups is 1. The normalized spacial score (nSPS) is 15.5. The summed E-state index contributed by atoms with van der Waals surface area (Å²) in [7, 11) is 0. The number of hydrogen-bond donors (Lipinski definition) is 2. The first-order valence-electron chi connectivity index (χ1n) is 7.10. The zero-order valence-electron chi connectivity index (χ0n) is 12.2. The van der Waals surface area contributed by atoms with Crippen LogP contribution in [0.3, 0.4) is 0 Å². The molecule has 7 heteroatoms. The monoisotopic (exact) mass is 299 g/mol. The second-order valence-electron chi connectivity index (χ2n) is 5.09. The van der Waals surface area contributed by atoms with Gasteiger partial charge in [-0.2, -0.15) is 5.10 Å². The van der Waals surface area contributed by atoms with Crippen molar-refractivity contribution in [1.29, 1.82) is 0 Å². The standard InChI is InChI=1S/C15H17N5O2/c1-11(20-8-3-6-17-20)14(21)18-12-4-2-5-13(10-12)19-9-7-16-15(19)22/h2-6,8,10-11H,7,9H2,1H3,(H,16,22)(H,18,21)/t11-/m0/s1. The van der Waals surface area contributed by atoms with Crippen molar-refractivity contribution in [2.75, 3.05) is 23.3 Å². The molecule has 1 atom stereocenters. The Kier molecular flexibility index (Phi) is 3.78. The van der Waals surface area contributed by atoms with Crippen LogP contribution in [0.2, 0.25) is 0 Å². The molecular weight excluding hydrogens is 282 g/mol. The first-order valence-corrected chi connectivity index (χ1v) is 7.10. The van der Waals surface area contributed by atoms with Gasteiger partial charge in [0, 0.05) is 36.9 Å². The van der Waals surface area contributed by atoms with Crippen molar-refractivity contribution in [1.82, 2.24) is 15.1 Å². The average molecular weight is 299 g/mol. The van der Waals surface area contributed by atoms with Gasteiger partial charge in [-0.05, 0) is 31.2 Å². The predicted octanol–water partition coefficient (Wildman–Crippen LogP) is 1.61. The molecule has 0 aliphatic carbocycles. The van der Waals surface area contributed by atoms with Crippen LogP contribution in [0.5, 0.6) is 0 Å². The number of amides is 3. The van der Waals surface area contributed by atoms with Gasteiger partial charge in [0.25, 0.3) is 0 Å². The van der Waals surface area contributed by atoms with Gasteiger partial charge in [-0.1, -0.05) is 6.07 Å². The Morgan fingerprint density at radius 3 is 2.95 bits per heavy atom. The Labute approximate surface area is 127 Å². The van der Waals surface area contributed by atoms with Crippen LogP contribution < -0.4 is 15.5 Å². The van der Waals surface area contributed by atoms with E-state index in [9.17, 15) is 9.59 Å². The minimum absolute atomic E-state index is 0.117. The van der Waals surface area contributed by atoms with E-state index in [0.717, 1.165) is 5.69 Å². The van der Waals surface area contributed by atoms with Crippen LogP contribution in [0.1, 0.15) is 13.0 Å². The van der Waals surface area contributed by atoms with Crippen molar-refractivity contribution in [2.24, 2.45) is 0 Å². The van der Waals surface area contributed by atoms with Crippen LogP contribution >= 0.6 is 0 Å². The Bertz CT molecular complexity index is 683. The average Bonchev–Trinajstić information content (AvgIpc) is 3.18. The Morgan fingerprint density at radius 2 is 2.27 bits per heavy atom. The minimum Gasteiger partial charge on any atom is -0.336 e. The summed E-state index contributed by atoms with van der Waals surface area (Å²) in [5.41, 5.74) is 1.42. The van der Waals surface area contributed by atoms with Gasteiger partial charge in [0.15, 0.2) is 0 Å². The van der Waals surface area contributed by atoms with Gasteiger partial charge in [0.05, 0.1) is 0 Å². The van der Waals surface area contributed by atoms with Crippen molar-refractivity contribution in [2.45, 2.75) is 13.0 Å². The van der Waals surface area contributed by atoms with E-state index in [1.165, 1.54) is 0 Å². The quantitative estimate of drug-likeness (QED) is 0.900. The molecule has 22 heavy (non-hydrogen) atoms. The molecule has 7 nitrogen and oxygen atoms in total. The summed E-state index contributed by atoms with van der Waals surface area (Å²) < 4.78 is 1.59. The van der Waals surface area contributed by atoms with Gasteiger partial charge >= 0.3 is 6.03 Å². The summed E-state index contributed by atoms with van der Waals surface area (Å²) in [5, 5.41) is 9.67. The SMILES string of the molecule is C[C@@H](C(=O)Nc1cccc(N2CCNC2=O)c1)n1cccn1. The van der Waals surface area contributed by atoms with Crippen molar-refractivity contribution in [3.8, 4) is 0 Å². The first-order chi connectivity index (χ1) is 10.6. The highest BCUT2D eigenvalue weighted by Gasteiger charge is 2.21. The molecule has 0 saturated carbocycles. The van der Waals surface area contributed by atoms with Crippen LogP contribution in [-0.4, -0.2) is 34.8 Å². The lowest BCUT2D eigenvalue weighted by atomic mass is 10.2. The molecule has 3 rings (SSSR count). The molecule has 1 aliphatic rings. The molecule has 2 heterocycles. The van der Waals surface area contributed by atoms with E-state index < -0.39 is 6.04 Å². The third-order valence-electron chi connectivity index (χ3n) is 3.58. The molecule has 0 unspecified atom stereocenters. The number of nitrogens with one attached hydrogen (secondary N) is 2. The third kappa shape index (κ3) is 2.78. The van der Waals surface area contributed by atoms with Gasteiger partial charge in [-0.15, -0.1) is 0 Å². The highest BCUT2D eigenvalue weighted by Crippen LogP contribution is 2.21. The first kappa shape index (κ1) is 14.1. The van der Waals surface area contributed by atoms with Crippen LogP contribution in [0, 0.1) is 0 Å². The molecule has 1 aliphatic heterocycles. The molecule has 114 valence electrons. The Balaban J connectivity index is 1.73. The maximum Gasteiger partial charge on any atom is 0.321 e. The number of nitrogens with zero attached hydrogens (tertiary/aromatic N) is 3. The van der Waals surface area contributed by atoms with Crippen molar-refractivity contribution < 1.29 is 9.59 Å². The fraction of sp³-hybridized carbons (Fsp3) is 0.267. The molecule has 1 fully saturated rings. The zero-order chi connectivity index (χ0) is 15.5. The molecule has 0 bridgehead atoms. The third-order valence-corrected chi connectivity index (χ3v) is 3.58. The second kappa shape index (κ2) is 5.88. The van der Waals surface area contributed by atoms with E-state index in [2.05, 4.69) is 15.7 Å². The highest BCUT2D eigenvalue weighted by molar-refractivity contribution is 5.97. The number of anilines is 2. The summed E-state index contributed by atoms with van der Waals surface area (Å²) >= 11 is 0. The van der Waals surface area contributed by atoms with Crippen LogP contribution in [0.15, 0.2) is 42.7 Å². The van der Waals surface area contributed by atoms with Gasteiger partial charge < -0.3 is 10.6 Å². The maximum absolute atomic E-state index is 12.2. The molecule has 0 spiro atoms. The molecule has 0 radical (unpaired) electrons. The number of carbonyl (C=O) groups excluding carboxylic acids is 2. The largest absolute Gasteiger partial charge is 0.336 e. The van der Waals surface area contributed by atoms with E-state index >= 15 is 0 Å². The van der Waals surface area contributed by atoms with Gasteiger partial charge in [0.2, 0.25) is 5.91 Å².